The van der Waals surface area contributed by atoms with E-state index in [-0.39, 0.29) is 0 Å². The molecule has 0 bridgehead atoms. The molecule has 3 nitrogen and oxygen atoms in total. The van der Waals surface area contributed by atoms with Crippen LogP contribution in [0.15, 0.2) is 6.20 Å². The Morgan fingerprint density at radius 1 is 1.32 bits per heavy atom. The van der Waals surface area contributed by atoms with Crippen molar-refractivity contribution >= 4 is 0 Å². The quantitative estimate of drug-likeness (QED) is 0.879. The van der Waals surface area contributed by atoms with Crippen molar-refractivity contribution in [3.63, 3.8) is 0 Å². The highest BCUT2D eigenvalue weighted by Crippen LogP contribution is 2.40. The lowest BCUT2D eigenvalue weighted by Gasteiger charge is -2.40. The molecule has 3 heteroatoms. The number of H-pyrrole nitrogens is 1. The Bertz CT molecular complexity index is 418. The molecule has 0 amide bonds. The molecule has 2 unspecified atom stereocenters. The van der Waals surface area contributed by atoms with E-state index in [0.717, 1.165) is 12.5 Å². The summed E-state index contributed by atoms with van der Waals surface area (Å²) in [6.07, 6.45) is 10.0. The predicted molar refractivity (Wildman–Crippen MR) is 79.2 cm³/mol. The van der Waals surface area contributed by atoms with Crippen LogP contribution < -0.4 is 5.73 Å². The van der Waals surface area contributed by atoms with E-state index in [4.69, 9.17) is 5.73 Å². The summed E-state index contributed by atoms with van der Waals surface area (Å²) in [5.41, 5.74) is 10.3. The second-order valence-electron chi connectivity index (χ2n) is 6.36. The maximum atomic E-state index is 5.78. The molecule has 1 fully saturated rings. The van der Waals surface area contributed by atoms with Crippen LogP contribution in [0.25, 0.3) is 0 Å². The molecule has 1 aliphatic carbocycles. The van der Waals surface area contributed by atoms with Crippen molar-refractivity contribution in [2.24, 2.45) is 11.7 Å². The van der Waals surface area contributed by atoms with Crippen LogP contribution in [0.2, 0.25) is 0 Å². The third kappa shape index (κ3) is 2.59. The van der Waals surface area contributed by atoms with Gasteiger partial charge < -0.3 is 10.7 Å². The van der Waals surface area contributed by atoms with Crippen LogP contribution in [0, 0.1) is 12.8 Å². The summed E-state index contributed by atoms with van der Waals surface area (Å²) in [5, 5.41) is 0. The summed E-state index contributed by atoms with van der Waals surface area (Å²) in [4.78, 5) is 6.24. The normalized spacial score (nSPS) is 28.3. The minimum absolute atomic E-state index is 0.645. The van der Waals surface area contributed by atoms with Crippen molar-refractivity contribution in [1.29, 1.82) is 0 Å². The summed E-state index contributed by atoms with van der Waals surface area (Å²) >= 11 is 0. The number of piperidine rings is 1. The van der Waals surface area contributed by atoms with Crippen LogP contribution in [0.1, 0.15) is 55.0 Å². The summed E-state index contributed by atoms with van der Waals surface area (Å²) < 4.78 is 0. The number of likely N-dealkylation sites (tertiary alicyclic amines) is 1. The number of nitrogens with zero attached hydrogens (tertiary/aromatic N) is 1. The van der Waals surface area contributed by atoms with Gasteiger partial charge >= 0.3 is 0 Å². The molecule has 3 rings (SSSR count). The van der Waals surface area contributed by atoms with E-state index in [1.54, 1.807) is 5.56 Å². The van der Waals surface area contributed by atoms with Gasteiger partial charge in [0.25, 0.3) is 0 Å². The fourth-order valence-electron chi connectivity index (χ4n) is 4.04. The standard InChI is InChI=1S/C16H27N3/c1-12-11-18-14-9-13(5-6-17)10-15(16(12)14)19-7-3-2-4-8-19/h11,13,15,18H,2-10,17H2,1H3. The molecule has 0 saturated carbocycles. The molecule has 2 atom stereocenters. The van der Waals surface area contributed by atoms with Crippen molar-refractivity contribution in [3.05, 3.63) is 23.0 Å². The Hall–Kier alpha value is -0.800. The molecule has 0 aromatic carbocycles. The molecule has 19 heavy (non-hydrogen) atoms. The van der Waals surface area contributed by atoms with Gasteiger partial charge in [0.1, 0.15) is 0 Å². The first-order chi connectivity index (χ1) is 9.29. The number of aryl methyl sites for hydroxylation is 1. The number of rotatable bonds is 3. The monoisotopic (exact) mass is 261 g/mol. The van der Waals surface area contributed by atoms with Crippen molar-refractivity contribution in [1.82, 2.24) is 9.88 Å². The van der Waals surface area contributed by atoms with Gasteiger partial charge in [-0.3, -0.25) is 4.90 Å². The van der Waals surface area contributed by atoms with Crippen LogP contribution in [-0.2, 0) is 6.42 Å². The van der Waals surface area contributed by atoms with Gasteiger partial charge in [-0.2, -0.15) is 0 Å². The fourth-order valence-corrected chi connectivity index (χ4v) is 4.04. The van der Waals surface area contributed by atoms with Crippen molar-refractivity contribution in [2.45, 2.75) is 51.5 Å². The lowest BCUT2D eigenvalue weighted by molar-refractivity contribution is 0.130. The van der Waals surface area contributed by atoms with Gasteiger partial charge in [-0.15, -0.1) is 0 Å². The SMILES string of the molecule is Cc1c[nH]c2c1C(N1CCCCC1)CC(CCN)C2. The number of aromatic nitrogens is 1. The van der Waals surface area contributed by atoms with E-state index in [1.807, 2.05) is 0 Å². The zero-order valence-electron chi connectivity index (χ0n) is 12.1. The maximum absolute atomic E-state index is 5.78. The van der Waals surface area contributed by atoms with Crippen LogP contribution in [-0.4, -0.2) is 29.5 Å². The number of fused-ring (bicyclic) bond motifs is 1. The molecule has 1 aromatic heterocycles. The van der Waals surface area contributed by atoms with Crippen molar-refractivity contribution < 1.29 is 0 Å². The average Bonchev–Trinajstić information content (AvgIpc) is 2.81. The predicted octanol–water partition coefficient (Wildman–Crippen LogP) is 2.76. The Kier molecular flexibility index (Phi) is 3.94. The van der Waals surface area contributed by atoms with Gasteiger partial charge in [0.05, 0.1) is 0 Å². The Morgan fingerprint density at radius 2 is 2.11 bits per heavy atom. The molecule has 0 radical (unpaired) electrons. The average molecular weight is 261 g/mol. The van der Waals surface area contributed by atoms with Gasteiger partial charge in [0.2, 0.25) is 0 Å². The Morgan fingerprint density at radius 3 is 2.84 bits per heavy atom. The van der Waals surface area contributed by atoms with Crippen molar-refractivity contribution in [3.8, 4) is 0 Å². The molecular formula is C16H27N3. The largest absolute Gasteiger partial charge is 0.364 e. The fraction of sp³-hybridized carbons (Fsp3) is 0.750. The summed E-state index contributed by atoms with van der Waals surface area (Å²) in [5.74, 6) is 0.766. The number of aromatic amines is 1. The summed E-state index contributed by atoms with van der Waals surface area (Å²) in [6, 6.07) is 0.645. The van der Waals surface area contributed by atoms with Crippen molar-refractivity contribution in [2.75, 3.05) is 19.6 Å². The smallest absolute Gasteiger partial charge is 0.0371 e. The van der Waals surface area contributed by atoms with E-state index in [0.29, 0.717) is 6.04 Å². The second kappa shape index (κ2) is 5.68. The van der Waals surface area contributed by atoms with Crippen LogP contribution in [0.4, 0.5) is 0 Å². The zero-order chi connectivity index (χ0) is 13.2. The topological polar surface area (TPSA) is 45.0 Å². The lowest BCUT2D eigenvalue weighted by atomic mass is 9.80. The number of hydrogen-bond donors (Lipinski definition) is 2. The molecule has 3 N–H and O–H groups in total. The van der Waals surface area contributed by atoms with Gasteiger partial charge in [-0.25, -0.2) is 0 Å². The van der Waals surface area contributed by atoms with Gasteiger partial charge in [0, 0.05) is 17.9 Å². The highest BCUT2D eigenvalue weighted by atomic mass is 15.2. The van der Waals surface area contributed by atoms with Crippen LogP contribution >= 0.6 is 0 Å². The number of hydrogen-bond acceptors (Lipinski definition) is 2. The molecule has 1 aliphatic heterocycles. The molecule has 1 saturated heterocycles. The number of nitrogens with one attached hydrogen (secondary N) is 1. The zero-order valence-corrected chi connectivity index (χ0v) is 12.1. The third-order valence-corrected chi connectivity index (χ3v) is 5.00. The molecule has 1 aromatic rings. The molecule has 2 heterocycles. The molecule has 106 valence electrons. The lowest BCUT2D eigenvalue weighted by Crippen LogP contribution is -2.37. The third-order valence-electron chi connectivity index (χ3n) is 5.00. The van der Waals surface area contributed by atoms with E-state index in [1.165, 1.54) is 62.9 Å². The van der Waals surface area contributed by atoms with Gasteiger partial charge in [0.15, 0.2) is 0 Å². The van der Waals surface area contributed by atoms with Crippen LogP contribution in [0.3, 0.4) is 0 Å². The molecule has 0 spiro atoms. The summed E-state index contributed by atoms with van der Waals surface area (Å²) in [6.45, 7) is 5.65. The first-order valence-electron chi connectivity index (χ1n) is 7.90. The first kappa shape index (κ1) is 13.2. The molecule has 2 aliphatic rings. The van der Waals surface area contributed by atoms with E-state index >= 15 is 0 Å². The number of nitrogens with two attached hydrogens (primary N) is 1. The Labute approximate surface area is 116 Å². The van der Waals surface area contributed by atoms with E-state index in [2.05, 4.69) is 23.0 Å². The highest BCUT2D eigenvalue weighted by molar-refractivity contribution is 5.35. The second-order valence-corrected chi connectivity index (χ2v) is 6.36. The summed E-state index contributed by atoms with van der Waals surface area (Å²) in [7, 11) is 0. The van der Waals surface area contributed by atoms with Gasteiger partial charge in [-0.1, -0.05) is 6.42 Å². The first-order valence-corrected chi connectivity index (χ1v) is 7.90. The minimum Gasteiger partial charge on any atom is -0.364 e. The van der Waals surface area contributed by atoms with Crippen LogP contribution in [0.5, 0.6) is 0 Å². The van der Waals surface area contributed by atoms with E-state index < -0.39 is 0 Å². The minimum atomic E-state index is 0.645. The maximum Gasteiger partial charge on any atom is 0.0371 e. The van der Waals surface area contributed by atoms with E-state index in [9.17, 15) is 0 Å². The van der Waals surface area contributed by atoms with Gasteiger partial charge in [-0.05, 0) is 75.7 Å². The highest BCUT2D eigenvalue weighted by Gasteiger charge is 2.33. The Balaban J connectivity index is 1.85. The molecular weight excluding hydrogens is 234 g/mol.